The Bertz CT molecular complexity index is 1220. The van der Waals surface area contributed by atoms with E-state index >= 15 is 4.39 Å². The summed E-state index contributed by atoms with van der Waals surface area (Å²) in [6.45, 7) is 3.55. The number of hydrogen-bond acceptors (Lipinski definition) is 7. The van der Waals surface area contributed by atoms with E-state index in [1.807, 2.05) is 11.0 Å². The van der Waals surface area contributed by atoms with Gasteiger partial charge in [-0.05, 0) is 35.7 Å². The summed E-state index contributed by atoms with van der Waals surface area (Å²) in [4.78, 5) is 46.3. The average Bonchev–Trinajstić information content (AvgIpc) is 3.14. The molecule has 34 heavy (non-hydrogen) atoms. The summed E-state index contributed by atoms with van der Waals surface area (Å²) in [6.07, 6.45) is 3.73. The molecule has 2 saturated heterocycles. The number of aromatic nitrogens is 1. The van der Waals surface area contributed by atoms with Gasteiger partial charge >= 0.3 is 0 Å². The number of piperidine rings is 1. The Balaban J connectivity index is 1.26. The normalized spacial score (nSPS) is 20.8. The first-order valence-electron chi connectivity index (χ1n) is 11.2. The molecule has 0 bridgehead atoms. The van der Waals surface area contributed by atoms with Crippen LogP contribution in [0.5, 0.6) is 0 Å². The topological polar surface area (TPSA) is 110 Å². The smallest absolute Gasteiger partial charge is 0.255 e. The highest BCUT2D eigenvalue weighted by molar-refractivity contribution is 6.05. The van der Waals surface area contributed by atoms with Crippen molar-refractivity contribution < 1.29 is 18.8 Å². The Morgan fingerprint density at radius 3 is 2.65 bits per heavy atom. The fourth-order valence-corrected chi connectivity index (χ4v) is 4.86. The number of benzene rings is 1. The molecule has 10 heteroatoms. The van der Waals surface area contributed by atoms with Gasteiger partial charge in [0, 0.05) is 63.6 Å². The van der Waals surface area contributed by atoms with Crippen molar-refractivity contribution in [3.63, 3.8) is 0 Å². The van der Waals surface area contributed by atoms with Gasteiger partial charge in [0.2, 0.25) is 11.8 Å². The van der Waals surface area contributed by atoms with Crippen LogP contribution in [0.1, 0.15) is 39.9 Å². The molecular formula is C24H23FN6O3. The molecule has 2 fully saturated rings. The van der Waals surface area contributed by atoms with Crippen molar-refractivity contribution in [3.05, 3.63) is 58.7 Å². The molecule has 174 valence electrons. The van der Waals surface area contributed by atoms with E-state index in [9.17, 15) is 14.4 Å². The molecule has 3 aliphatic heterocycles. The lowest BCUT2D eigenvalue weighted by Crippen LogP contribution is -2.52. The summed E-state index contributed by atoms with van der Waals surface area (Å²) in [7, 11) is 0. The standard InChI is InChI=1S/C24H23FN6O3/c25-19-9-18-17(14-31(24(18)34)20-1-2-22(32)28-23(20)33)8-21(19)30-5-3-29(4-6-30)13-16-7-15(10-26)11-27-12-16/h7-9,11-12,20H,1-6,13-14H2,(H,28,32,33). The van der Waals surface area contributed by atoms with Gasteiger partial charge in [-0.25, -0.2) is 4.39 Å². The van der Waals surface area contributed by atoms with Crippen LogP contribution < -0.4 is 10.2 Å². The third-order valence-electron chi connectivity index (χ3n) is 6.63. The minimum atomic E-state index is -0.721. The summed E-state index contributed by atoms with van der Waals surface area (Å²) in [6, 6.07) is 6.18. The molecular weight excluding hydrogens is 439 g/mol. The Labute approximate surface area is 195 Å². The Morgan fingerprint density at radius 1 is 1.12 bits per heavy atom. The minimum Gasteiger partial charge on any atom is -0.367 e. The van der Waals surface area contributed by atoms with Crippen molar-refractivity contribution in [1.29, 1.82) is 5.26 Å². The largest absolute Gasteiger partial charge is 0.367 e. The molecule has 4 heterocycles. The maximum absolute atomic E-state index is 15.0. The third kappa shape index (κ3) is 4.10. The number of piperazine rings is 1. The maximum Gasteiger partial charge on any atom is 0.255 e. The summed E-state index contributed by atoms with van der Waals surface area (Å²) >= 11 is 0. The highest BCUT2D eigenvalue weighted by atomic mass is 19.1. The van der Waals surface area contributed by atoms with E-state index in [1.165, 1.54) is 17.2 Å². The van der Waals surface area contributed by atoms with Gasteiger partial charge in [-0.1, -0.05) is 0 Å². The molecule has 2 aromatic rings. The van der Waals surface area contributed by atoms with E-state index in [2.05, 4.69) is 21.3 Å². The lowest BCUT2D eigenvalue weighted by atomic mass is 10.0. The molecule has 0 spiro atoms. The second kappa shape index (κ2) is 8.83. The van der Waals surface area contributed by atoms with Crippen molar-refractivity contribution in [2.45, 2.75) is 32.0 Å². The first kappa shape index (κ1) is 22.0. The molecule has 3 aliphatic rings. The van der Waals surface area contributed by atoms with Gasteiger partial charge in [0.05, 0.1) is 11.3 Å². The zero-order valence-corrected chi connectivity index (χ0v) is 18.5. The van der Waals surface area contributed by atoms with Crippen LogP contribution >= 0.6 is 0 Å². The quantitative estimate of drug-likeness (QED) is 0.680. The summed E-state index contributed by atoms with van der Waals surface area (Å²) in [5.74, 6) is -1.67. The summed E-state index contributed by atoms with van der Waals surface area (Å²) < 4.78 is 15.0. The molecule has 1 N–H and O–H groups in total. The fraction of sp³-hybridized carbons (Fsp3) is 0.375. The van der Waals surface area contributed by atoms with Crippen LogP contribution in [0.15, 0.2) is 30.6 Å². The predicted octanol–water partition coefficient (Wildman–Crippen LogP) is 1.18. The van der Waals surface area contributed by atoms with Crippen LogP contribution in [-0.4, -0.2) is 64.7 Å². The number of rotatable bonds is 4. The van der Waals surface area contributed by atoms with E-state index in [1.54, 1.807) is 12.3 Å². The first-order valence-corrected chi connectivity index (χ1v) is 11.2. The van der Waals surface area contributed by atoms with Crippen LogP contribution in [0.3, 0.4) is 0 Å². The van der Waals surface area contributed by atoms with Gasteiger partial charge in [0.25, 0.3) is 5.91 Å². The van der Waals surface area contributed by atoms with Crippen molar-refractivity contribution in [2.75, 3.05) is 31.1 Å². The SMILES string of the molecule is N#Cc1cncc(CN2CCN(c3cc4c(cc3F)C(=O)N(C3CCC(=O)NC3=O)C4)CC2)c1. The van der Waals surface area contributed by atoms with Crippen molar-refractivity contribution in [3.8, 4) is 6.07 Å². The number of pyridine rings is 1. The molecule has 5 rings (SSSR count). The number of nitrogens with one attached hydrogen (secondary N) is 1. The van der Waals surface area contributed by atoms with Gasteiger partial charge < -0.3 is 9.80 Å². The van der Waals surface area contributed by atoms with Crippen LogP contribution in [-0.2, 0) is 22.7 Å². The van der Waals surface area contributed by atoms with Crippen molar-refractivity contribution in [2.24, 2.45) is 0 Å². The second-order valence-electron chi connectivity index (χ2n) is 8.82. The highest BCUT2D eigenvalue weighted by Crippen LogP contribution is 2.33. The molecule has 3 amide bonds. The van der Waals surface area contributed by atoms with E-state index < -0.39 is 17.8 Å². The van der Waals surface area contributed by atoms with Crippen LogP contribution in [0, 0.1) is 17.1 Å². The number of nitriles is 1. The zero-order valence-electron chi connectivity index (χ0n) is 18.5. The third-order valence-corrected chi connectivity index (χ3v) is 6.63. The van der Waals surface area contributed by atoms with E-state index in [-0.39, 0.29) is 36.8 Å². The molecule has 0 saturated carbocycles. The Kier molecular flexibility index (Phi) is 5.71. The fourth-order valence-electron chi connectivity index (χ4n) is 4.86. The second-order valence-corrected chi connectivity index (χ2v) is 8.82. The summed E-state index contributed by atoms with van der Waals surface area (Å²) in [5.41, 5.74) is 2.90. The number of fused-ring (bicyclic) bond motifs is 1. The van der Waals surface area contributed by atoms with E-state index in [0.29, 0.717) is 49.5 Å². The number of imide groups is 1. The molecule has 0 aliphatic carbocycles. The maximum atomic E-state index is 15.0. The van der Waals surface area contributed by atoms with Crippen molar-refractivity contribution in [1.82, 2.24) is 20.1 Å². The molecule has 0 radical (unpaired) electrons. The van der Waals surface area contributed by atoms with Gasteiger partial charge in [0.1, 0.15) is 17.9 Å². The molecule has 1 atom stereocenters. The number of amides is 3. The Hall–Kier alpha value is -3.84. The van der Waals surface area contributed by atoms with Gasteiger partial charge in [-0.15, -0.1) is 0 Å². The molecule has 1 aromatic carbocycles. The Morgan fingerprint density at radius 2 is 1.91 bits per heavy atom. The first-order chi connectivity index (χ1) is 16.4. The molecule has 9 nitrogen and oxygen atoms in total. The van der Waals surface area contributed by atoms with Crippen LogP contribution in [0.2, 0.25) is 0 Å². The number of anilines is 1. The lowest BCUT2D eigenvalue weighted by molar-refractivity contribution is -0.136. The zero-order chi connectivity index (χ0) is 23.8. The number of nitrogens with zero attached hydrogens (tertiary/aromatic N) is 5. The van der Waals surface area contributed by atoms with Gasteiger partial charge in [-0.3, -0.25) is 29.6 Å². The van der Waals surface area contributed by atoms with Gasteiger partial charge in [-0.2, -0.15) is 5.26 Å². The minimum absolute atomic E-state index is 0.178. The average molecular weight is 462 g/mol. The van der Waals surface area contributed by atoms with Crippen LogP contribution in [0.25, 0.3) is 0 Å². The van der Waals surface area contributed by atoms with E-state index in [4.69, 9.17) is 5.26 Å². The number of halogens is 1. The van der Waals surface area contributed by atoms with Gasteiger partial charge in [0.15, 0.2) is 0 Å². The molecule has 1 unspecified atom stereocenters. The van der Waals surface area contributed by atoms with Crippen molar-refractivity contribution >= 4 is 23.4 Å². The van der Waals surface area contributed by atoms with E-state index in [0.717, 1.165) is 5.56 Å². The molecule has 1 aromatic heterocycles. The number of carbonyl (C=O) groups is 3. The predicted molar refractivity (Wildman–Crippen MR) is 119 cm³/mol. The number of carbonyl (C=O) groups excluding carboxylic acids is 3. The lowest BCUT2D eigenvalue weighted by Gasteiger charge is -2.36. The number of hydrogen-bond donors (Lipinski definition) is 1. The van der Waals surface area contributed by atoms with Crippen LogP contribution in [0.4, 0.5) is 10.1 Å². The monoisotopic (exact) mass is 462 g/mol. The summed E-state index contributed by atoms with van der Waals surface area (Å²) in [5, 5.41) is 11.3. The highest BCUT2D eigenvalue weighted by Gasteiger charge is 2.39.